The lowest BCUT2D eigenvalue weighted by molar-refractivity contribution is -0.140. The Morgan fingerprint density at radius 1 is 0.875 bits per heavy atom. The highest BCUT2D eigenvalue weighted by Crippen LogP contribution is 2.23. The van der Waals surface area contributed by atoms with Crippen molar-refractivity contribution < 1.29 is 19.8 Å². The molecule has 16 heavy (non-hydrogen) atoms. The Kier molecular flexibility index (Phi) is 5.78. The van der Waals surface area contributed by atoms with Crippen LogP contribution in [0.15, 0.2) is 11.1 Å². The minimum Gasteiger partial charge on any atom is -0.477 e. The van der Waals surface area contributed by atoms with Crippen LogP contribution < -0.4 is 0 Å². The molecule has 0 fully saturated rings. The molecule has 0 spiro atoms. The van der Waals surface area contributed by atoms with E-state index in [2.05, 4.69) is 0 Å². The number of hydrogen-bond donors (Lipinski definition) is 2. The summed E-state index contributed by atoms with van der Waals surface area (Å²) < 4.78 is 0. The summed E-state index contributed by atoms with van der Waals surface area (Å²) in [5.41, 5.74) is 0.0763. The molecule has 4 heteroatoms. The number of rotatable bonds is 6. The van der Waals surface area contributed by atoms with E-state index in [9.17, 15) is 9.59 Å². The van der Waals surface area contributed by atoms with E-state index >= 15 is 0 Å². The average molecular weight is 228 g/mol. The highest BCUT2D eigenvalue weighted by molar-refractivity contribution is 6.13. The number of aliphatic carboxylic acids is 2. The van der Waals surface area contributed by atoms with Gasteiger partial charge in [-0.1, -0.05) is 27.7 Å². The summed E-state index contributed by atoms with van der Waals surface area (Å²) in [6, 6.07) is 0. The fourth-order valence-electron chi connectivity index (χ4n) is 1.67. The number of hydrogen-bond acceptors (Lipinski definition) is 2. The summed E-state index contributed by atoms with van der Waals surface area (Å²) in [5, 5.41) is 17.8. The molecular formula is C12H20O4. The van der Waals surface area contributed by atoms with Gasteiger partial charge in [-0.3, -0.25) is 0 Å². The summed E-state index contributed by atoms with van der Waals surface area (Å²) >= 11 is 0. The molecule has 4 nitrogen and oxygen atoms in total. The molecule has 2 N–H and O–H groups in total. The Balaban J connectivity index is 5.27. The van der Waals surface area contributed by atoms with Crippen molar-refractivity contribution in [3.05, 3.63) is 11.1 Å². The first-order valence-electron chi connectivity index (χ1n) is 5.44. The standard InChI is InChI=1S/C12H20O4/c1-7(2)5-9(6-8(3)4)10(11(13)14)12(15)16/h7-8H,5-6H2,1-4H3,(H,13,14)(H,15,16). The molecule has 0 heterocycles. The second-order valence-corrected chi connectivity index (χ2v) is 4.78. The van der Waals surface area contributed by atoms with Gasteiger partial charge in [0.25, 0.3) is 0 Å². The van der Waals surface area contributed by atoms with Crippen molar-refractivity contribution in [3.63, 3.8) is 0 Å². The second kappa shape index (κ2) is 6.30. The monoisotopic (exact) mass is 228 g/mol. The van der Waals surface area contributed by atoms with Crippen molar-refractivity contribution >= 4 is 11.9 Å². The maximum Gasteiger partial charge on any atom is 0.343 e. The molecule has 0 aliphatic rings. The summed E-state index contributed by atoms with van der Waals surface area (Å²) in [7, 11) is 0. The van der Waals surface area contributed by atoms with Crippen LogP contribution in [0.25, 0.3) is 0 Å². The van der Waals surface area contributed by atoms with Crippen molar-refractivity contribution in [1.29, 1.82) is 0 Å². The van der Waals surface area contributed by atoms with Gasteiger partial charge in [-0.15, -0.1) is 0 Å². The van der Waals surface area contributed by atoms with Gasteiger partial charge in [0.1, 0.15) is 5.57 Å². The second-order valence-electron chi connectivity index (χ2n) is 4.78. The van der Waals surface area contributed by atoms with Crippen molar-refractivity contribution in [3.8, 4) is 0 Å². The van der Waals surface area contributed by atoms with Gasteiger partial charge in [0, 0.05) is 0 Å². The van der Waals surface area contributed by atoms with Crippen LogP contribution in [-0.2, 0) is 9.59 Å². The maximum atomic E-state index is 10.9. The largest absolute Gasteiger partial charge is 0.477 e. The van der Waals surface area contributed by atoms with Crippen molar-refractivity contribution in [2.75, 3.05) is 0 Å². The van der Waals surface area contributed by atoms with Gasteiger partial charge in [0.05, 0.1) is 0 Å². The molecule has 0 saturated carbocycles. The first-order chi connectivity index (χ1) is 7.25. The Labute approximate surface area is 96.0 Å². The number of carboxylic acid groups (broad SMARTS) is 2. The smallest absolute Gasteiger partial charge is 0.343 e. The summed E-state index contributed by atoms with van der Waals surface area (Å²) in [6.45, 7) is 7.78. The molecule has 92 valence electrons. The Morgan fingerprint density at radius 2 is 1.19 bits per heavy atom. The summed E-state index contributed by atoms with van der Waals surface area (Å²) in [4.78, 5) is 21.8. The van der Waals surface area contributed by atoms with E-state index in [1.54, 1.807) is 0 Å². The molecule has 0 aliphatic heterocycles. The van der Waals surface area contributed by atoms with Crippen LogP contribution in [0.3, 0.4) is 0 Å². The van der Waals surface area contributed by atoms with E-state index in [1.807, 2.05) is 27.7 Å². The van der Waals surface area contributed by atoms with Crippen molar-refractivity contribution in [1.82, 2.24) is 0 Å². The highest BCUT2D eigenvalue weighted by Gasteiger charge is 2.22. The molecule has 0 amide bonds. The molecule has 0 aromatic heterocycles. The zero-order valence-electron chi connectivity index (χ0n) is 10.3. The lowest BCUT2D eigenvalue weighted by Crippen LogP contribution is -2.16. The summed E-state index contributed by atoms with van der Waals surface area (Å²) in [5.74, 6) is -2.18. The molecule has 0 rings (SSSR count). The Bertz CT molecular complexity index is 272. The van der Waals surface area contributed by atoms with E-state index < -0.39 is 17.5 Å². The number of allylic oxidation sites excluding steroid dienone is 1. The predicted molar refractivity (Wildman–Crippen MR) is 61.2 cm³/mol. The molecule has 0 radical (unpaired) electrons. The topological polar surface area (TPSA) is 74.6 Å². The van der Waals surface area contributed by atoms with Crippen molar-refractivity contribution in [2.45, 2.75) is 40.5 Å². The Morgan fingerprint density at radius 3 is 1.38 bits per heavy atom. The van der Waals surface area contributed by atoms with Crippen LogP contribution in [0.1, 0.15) is 40.5 Å². The first-order valence-corrected chi connectivity index (χ1v) is 5.44. The van der Waals surface area contributed by atoms with Gasteiger partial charge in [0.15, 0.2) is 0 Å². The van der Waals surface area contributed by atoms with Gasteiger partial charge in [-0.05, 0) is 30.3 Å². The zero-order valence-corrected chi connectivity index (χ0v) is 10.3. The molecule has 0 aliphatic carbocycles. The van der Waals surface area contributed by atoms with Gasteiger partial charge in [0.2, 0.25) is 0 Å². The quantitative estimate of drug-likeness (QED) is 0.416. The van der Waals surface area contributed by atoms with Crippen LogP contribution in [0, 0.1) is 11.8 Å². The molecule has 0 bridgehead atoms. The van der Waals surface area contributed by atoms with E-state index in [0.717, 1.165) is 0 Å². The highest BCUT2D eigenvalue weighted by atomic mass is 16.4. The lowest BCUT2D eigenvalue weighted by Gasteiger charge is -2.14. The van der Waals surface area contributed by atoms with E-state index in [-0.39, 0.29) is 11.8 Å². The average Bonchev–Trinajstić information content (AvgIpc) is 1.98. The predicted octanol–water partition coefficient (Wildman–Crippen LogP) is 2.54. The minimum atomic E-state index is -1.34. The van der Waals surface area contributed by atoms with Crippen LogP contribution in [0.4, 0.5) is 0 Å². The normalized spacial score (nSPS) is 10.6. The third kappa shape index (κ3) is 4.96. The minimum absolute atomic E-state index is 0.252. The first kappa shape index (κ1) is 14.7. The summed E-state index contributed by atoms with van der Waals surface area (Å²) in [6.07, 6.45) is 1.04. The number of carbonyl (C=O) groups is 2. The molecular weight excluding hydrogens is 208 g/mol. The van der Waals surface area contributed by atoms with Gasteiger partial charge in [-0.2, -0.15) is 0 Å². The van der Waals surface area contributed by atoms with Crippen LogP contribution in [0.5, 0.6) is 0 Å². The van der Waals surface area contributed by atoms with E-state index in [4.69, 9.17) is 10.2 Å². The number of carboxylic acids is 2. The molecule has 0 saturated heterocycles. The molecule has 0 aromatic rings. The third-order valence-corrected chi connectivity index (χ3v) is 2.09. The third-order valence-electron chi connectivity index (χ3n) is 2.09. The van der Waals surface area contributed by atoms with Crippen LogP contribution in [0.2, 0.25) is 0 Å². The fourth-order valence-corrected chi connectivity index (χ4v) is 1.67. The van der Waals surface area contributed by atoms with Gasteiger partial charge >= 0.3 is 11.9 Å². The molecule has 0 atom stereocenters. The zero-order chi connectivity index (χ0) is 12.9. The van der Waals surface area contributed by atoms with Crippen molar-refractivity contribution in [2.24, 2.45) is 11.8 Å². The van der Waals surface area contributed by atoms with E-state index in [0.29, 0.717) is 18.4 Å². The lowest BCUT2D eigenvalue weighted by atomic mass is 9.91. The van der Waals surface area contributed by atoms with Crippen LogP contribution in [-0.4, -0.2) is 22.2 Å². The van der Waals surface area contributed by atoms with E-state index in [1.165, 1.54) is 0 Å². The van der Waals surface area contributed by atoms with Gasteiger partial charge in [-0.25, -0.2) is 9.59 Å². The Hall–Kier alpha value is -1.32. The fraction of sp³-hybridized carbons (Fsp3) is 0.667. The van der Waals surface area contributed by atoms with Gasteiger partial charge < -0.3 is 10.2 Å². The molecule has 0 unspecified atom stereocenters. The maximum absolute atomic E-state index is 10.9. The SMILES string of the molecule is CC(C)CC(CC(C)C)=C(C(=O)O)C(=O)O. The molecule has 0 aromatic carbocycles. The van der Waals surface area contributed by atoms with Crippen LogP contribution >= 0.6 is 0 Å².